The van der Waals surface area contributed by atoms with E-state index in [1.165, 1.54) is 18.4 Å². The lowest BCUT2D eigenvalue weighted by Crippen LogP contribution is -2.35. The van der Waals surface area contributed by atoms with Crippen LogP contribution in [0, 0.1) is 5.92 Å². The van der Waals surface area contributed by atoms with E-state index in [2.05, 4.69) is 28.3 Å². The molecule has 0 spiro atoms. The minimum atomic E-state index is 0. The number of hydrogen-bond acceptors (Lipinski definition) is 3. The Morgan fingerprint density at radius 1 is 1.14 bits per heavy atom. The smallest absolute Gasteiger partial charge is 0.0645 e. The van der Waals surface area contributed by atoms with Crippen molar-refractivity contribution in [2.45, 2.75) is 19.4 Å². The minimum absolute atomic E-state index is 0. The van der Waals surface area contributed by atoms with Crippen molar-refractivity contribution in [1.29, 1.82) is 0 Å². The van der Waals surface area contributed by atoms with Gasteiger partial charge >= 0.3 is 0 Å². The van der Waals surface area contributed by atoms with Crippen LogP contribution in [0.25, 0.3) is 5.69 Å². The summed E-state index contributed by atoms with van der Waals surface area (Å²) in [5, 5.41) is 4.45. The molecule has 1 saturated heterocycles. The van der Waals surface area contributed by atoms with Crippen LogP contribution >= 0.6 is 12.4 Å². The summed E-state index contributed by atoms with van der Waals surface area (Å²) in [5.41, 5.74) is 8.13. The normalized spacial score (nSPS) is 16.6. The summed E-state index contributed by atoms with van der Waals surface area (Å²) in [5.74, 6) is 0.721. The van der Waals surface area contributed by atoms with E-state index in [4.69, 9.17) is 5.73 Å². The van der Waals surface area contributed by atoms with E-state index in [1.807, 2.05) is 29.1 Å². The van der Waals surface area contributed by atoms with Crippen LogP contribution < -0.4 is 5.73 Å². The molecule has 2 heterocycles. The number of likely N-dealkylation sites (tertiary alicyclic amines) is 1. The van der Waals surface area contributed by atoms with Crippen LogP contribution in [0.15, 0.2) is 42.7 Å². The number of halogens is 1. The average molecular weight is 307 g/mol. The van der Waals surface area contributed by atoms with Crippen molar-refractivity contribution in [3.8, 4) is 5.69 Å². The standard InChI is InChI=1S/C16H22N4.ClH/c17-10-14-6-8-19(9-7-14)12-15-11-18-20(13-15)16-4-2-1-3-5-16;/h1-5,11,13-14H,6-10,12,17H2;1H. The fourth-order valence-electron chi connectivity index (χ4n) is 2.80. The fraction of sp³-hybridized carbons (Fsp3) is 0.438. The maximum atomic E-state index is 5.74. The molecule has 1 aliphatic heterocycles. The van der Waals surface area contributed by atoms with Crippen LogP contribution in [0.4, 0.5) is 0 Å². The monoisotopic (exact) mass is 306 g/mol. The molecule has 0 aliphatic carbocycles. The summed E-state index contributed by atoms with van der Waals surface area (Å²) < 4.78 is 1.95. The molecule has 2 aromatic rings. The van der Waals surface area contributed by atoms with Gasteiger partial charge in [0.1, 0.15) is 0 Å². The summed E-state index contributed by atoms with van der Waals surface area (Å²) in [6.45, 7) is 4.13. The summed E-state index contributed by atoms with van der Waals surface area (Å²) in [6, 6.07) is 10.2. The molecular formula is C16H23ClN4. The molecule has 3 rings (SSSR count). The van der Waals surface area contributed by atoms with Gasteiger partial charge in [0.2, 0.25) is 0 Å². The van der Waals surface area contributed by atoms with Gasteiger partial charge in [-0.1, -0.05) is 18.2 Å². The predicted octanol–water partition coefficient (Wildman–Crippen LogP) is 2.46. The predicted molar refractivity (Wildman–Crippen MR) is 87.9 cm³/mol. The second-order valence-electron chi connectivity index (χ2n) is 5.58. The molecule has 1 aromatic heterocycles. The minimum Gasteiger partial charge on any atom is -0.330 e. The fourth-order valence-corrected chi connectivity index (χ4v) is 2.80. The highest BCUT2D eigenvalue weighted by Gasteiger charge is 2.18. The Hall–Kier alpha value is -1.36. The Labute approximate surface area is 132 Å². The number of hydrogen-bond donors (Lipinski definition) is 1. The first kappa shape index (κ1) is 16.0. The Morgan fingerprint density at radius 2 is 1.86 bits per heavy atom. The van der Waals surface area contributed by atoms with E-state index in [9.17, 15) is 0 Å². The number of nitrogens with zero attached hydrogens (tertiary/aromatic N) is 3. The second kappa shape index (κ2) is 7.59. The van der Waals surface area contributed by atoms with Crippen molar-refractivity contribution in [3.05, 3.63) is 48.3 Å². The van der Waals surface area contributed by atoms with Gasteiger partial charge < -0.3 is 5.73 Å². The van der Waals surface area contributed by atoms with Crippen molar-refractivity contribution in [2.75, 3.05) is 19.6 Å². The third-order valence-electron chi connectivity index (χ3n) is 4.10. The van der Waals surface area contributed by atoms with E-state index >= 15 is 0 Å². The van der Waals surface area contributed by atoms with Crippen LogP contribution in [0.5, 0.6) is 0 Å². The molecule has 0 amide bonds. The third-order valence-corrected chi connectivity index (χ3v) is 4.10. The van der Waals surface area contributed by atoms with E-state index in [-0.39, 0.29) is 12.4 Å². The summed E-state index contributed by atoms with van der Waals surface area (Å²) >= 11 is 0. The zero-order valence-corrected chi connectivity index (χ0v) is 13.0. The molecule has 114 valence electrons. The van der Waals surface area contributed by atoms with Crippen LogP contribution in [-0.2, 0) is 6.54 Å². The third kappa shape index (κ3) is 4.06. The molecule has 4 nitrogen and oxygen atoms in total. The highest BCUT2D eigenvalue weighted by molar-refractivity contribution is 5.85. The van der Waals surface area contributed by atoms with Crippen LogP contribution in [-0.4, -0.2) is 34.3 Å². The van der Waals surface area contributed by atoms with Crippen molar-refractivity contribution >= 4 is 12.4 Å². The molecule has 21 heavy (non-hydrogen) atoms. The van der Waals surface area contributed by atoms with Crippen molar-refractivity contribution in [1.82, 2.24) is 14.7 Å². The van der Waals surface area contributed by atoms with Gasteiger partial charge in [0, 0.05) is 18.3 Å². The molecule has 2 N–H and O–H groups in total. The maximum absolute atomic E-state index is 5.74. The highest BCUT2D eigenvalue weighted by Crippen LogP contribution is 2.18. The van der Waals surface area contributed by atoms with E-state index < -0.39 is 0 Å². The van der Waals surface area contributed by atoms with Gasteiger partial charge in [-0.2, -0.15) is 5.10 Å². The SMILES string of the molecule is Cl.NCC1CCN(Cc2cnn(-c3ccccc3)c2)CC1. The molecule has 0 saturated carbocycles. The van der Waals surface area contributed by atoms with Crippen molar-refractivity contribution in [2.24, 2.45) is 11.7 Å². The largest absolute Gasteiger partial charge is 0.330 e. The Morgan fingerprint density at radius 3 is 2.52 bits per heavy atom. The summed E-state index contributed by atoms with van der Waals surface area (Å²) in [7, 11) is 0. The number of piperidine rings is 1. The molecule has 1 aromatic carbocycles. The molecule has 1 aliphatic rings. The lowest BCUT2D eigenvalue weighted by atomic mass is 9.97. The summed E-state index contributed by atoms with van der Waals surface area (Å²) in [6.07, 6.45) is 6.55. The first-order chi connectivity index (χ1) is 9.85. The van der Waals surface area contributed by atoms with Gasteiger partial charge in [0.25, 0.3) is 0 Å². The average Bonchev–Trinajstić information content (AvgIpc) is 2.97. The lowest BCUT2D eigenvalue weighted by Gasteiger charge is -2.30. The second-order valence-corrected chi connectivity index (χ2v) is 5.58. The quantitative estimate of drug-likeness (QED) is 0.944. The molecule has 5 heteroatoms. The van der Waals surface area contributed by atoms with E-state index in [0.717, 1.165) is 37.8 Å². The van der Waals surface area contributed by atoms with Gasteiger partial charge in [-0.05, 0) is 50.5 Å². The first-order valence-corrected chi connectivity index (χ1v) is 7.36. The number of rotatable bonds is 4. The highest BCUT2D eigenvalue weighted by atomic mass is 35.5. The molecule has 0 atom stereocenters. The van der Waals surface area contributed by atoms with E-state index in [1.54, 1.807) is 0 Å². The first-order valence-electron chi connectivity index (χ1n) is 7.36. The van der Waals surface area contributed by atoms with Crippen molar-refractivity contribution < 1.29 is 0 Å². The van der Waals surface area contributed by atoms with Crippen molar-refractivity contribution in [3.63, 3.8) is 0 Å². The van der Waals surface area contributed by atoms with Gasteiger partial charge in [0.15, 0.2) is 0 Å². The Balaban J connectivity index is 0.00000161. The molecule has 0 unspecified atom stereocenters. The molecular weight excluding hydrogens is 284 g/mol. The van der Waals surface area contributed by atoms with Gasteiger partial charge in [-0.3, -0.25) is 4.90 Å². The van der Waals surface area contributed by atoms with Gasteiger partial charge in [0.05, 0.1) is 11.9 Å². The zero-order valence-electron chi connectivity index (χ0n) is 12.2. The maximum Gasteiger partial charge on any atom is 0.0645 e. The van der Waals surface area contributed by atoms with Crippen LogP contribution in [0.2, 0.25) is 0 Å². The topological polar surface area (TPSA) is 47.1 Å². The van der Waals surface area contributed by atoms with E-state index in [0.29, 0.717) is 0 Å². The van der Waals surface area contributed by atoms with Crippen LogP contribution in [0.3, 0.4) is 0 Å². The Bertz CT molecular complexity index is 532. The zero-order chi connectivity index (χ0) is 13.8. The van der Waals surface area contributed by atoms with Crippen LogP contribution in [0.1, 0.15) is 18.4 Å². The number of para-hydroxylation sites is 1. The molecule has 0 radical (unpaired) electrons. The van der Waals surface area contributed by atoms with Gasteiger partial charge in [-0.25, -0.2) is 4.68 Å². The lowest BCUT2D eigenvalue weighted by molar-refractivity contribution is 0.180. The van der Waals surface area contributed by atoms with Gasteiger partial charge in [-0.15, -0.1) is 12.4 Å². The molecule has 0 bridgehead atoms. The summed E-state index contributed by atoms with van der Waals surface area (Å²) in [4.78, 5) is 2.50. The number of benzene rings is 1. The Kier molecular flexibility index (Phi) is 5.79. The molecule has 1 fully saturated rings. The number of aromatic nitrogens is 2. The number of nitrogens with two attached hydrogens (primary N) is 1.